The molecule has 1 saturated heterocycles. The number of likely N-dealkylation sites (tertiary alicyclic amines) is 1. The molecular formula is C19H21NO4. The van der Waals surface area contributed by atoms with Crippen LogP contribution < -0.4 is 0 Å². The van der Waals surface area contributed by atoms with Gasteiger partial charge in [-0.15, -0.1) is 0 Å². The summed E-state index contributed by atoms with van der Waals surface area (Å²) in [5, 5.41) is 0. The van der Waals surface area contributed by atoms with Crippen molar-refractivity contribution in [3.05, 3.63) is 59.5 Å². The lowest BCUT2D eigenvalue weighted by molar-refractivity contribution is 0.0680. The van der Waals surface area contributed by atoms with Gasteiger partial charge in [-0.3, -0.25) is 9.59 Å². The Morgan fingerprint density at radius 2 is 2.00 bits per heavy atom. The van der Waals surface area contributed by atoms with E-state index in [4.69, 9.17) is 9.15 Å². The maximum Gasteiger partial charge on any atom is 0.289 e. The summed E-state index contributed by atoms with van der Waals surface area (Å²) in [4.78, 5) is 26.8. The van der Waals surface area contributed by atoms with Crippen molar-refractivity contribution in [3.63, 3.8) is 0 Å². The molecule has 0 aliphatic carbocycles. The van der Waals surface area contributed by atoms with Crippen molar-refractivity contribution in [2.45, 2.75) is 31.9 Å². The van der Waals surface area contributed by atoms with Crippen LogP contribution in [0.1, 0.15) is 45.9 Å². The minimum atomic E-state index is -0.152. The highest BCUT2D eigenvalue weighted by Gasteiger charge is 2.32. The molecule has 1 fully saturated rings. The minimum absolute atomic E-state index is 0.0684. The van der Waals surface area contributed by atoms with Gasteiger partial charge >= 0.3 is 0 Å². The third kappa shape index (κ3) is 3.57. The first-order chi connectivity index (χ1) is 11.7. The van der Waals surface area contributed by atoms with Crippen LogP contribution in [0.2, 0.25) is 0 Å². The van der Waals surface area contributed by atoms with Crippen molar-refractivity contribution in [1.29, 1.82) is 0 Å². The molecule has 0 N–H and O–H groups in total. The number of ether oxygens (including phenoxy) is 1. The van der Waals surface area contributed by atoms with Gasteiger partial charge < -0.3 is 14.1 Å². The first-order valence-corrected chi connectivity index (χ1v) is 8.16. The molecule has 24 heavy (non-hydrogen) atoms. The molecule has 1 atom stereocenters. The second kappa shape index (κ2) is 7.45. The Labute approximate surface area is 141 Å². The Bertz CT molecular complexity index is 707. The lowest BCUT2D eigenvalue weighted by Gasteiger charge is -2.23. The molecule has 1 aliphatic heterocycles. The number of methoxy groups -OCH3 is 1. The molecule has 1 aromatic carbocycles. The number of carbonyl (C=O) groups is 2. The smallest absolute Gasteiger partial charge is 0.289 e. The molecule has 0 saturated carbocycles. The Morgan fingerprint density at radius 1 is 1.21 bits per heavy atom. The quantitative estimate of drug-likeness (QED) is 0.764. The third-order valence-corrected chi connectivity index (χ3v) is 4.31. The SMILES string of the molecule is COCc1ccc(C(=O)N2CCC[C@H]2CC(=O)c2ccccc2)o1. The zero-order chi connectivity index (χ0) is 16.9. The van der Waals surface area contributed by atoms with E-state index in [1.807, 2.05) is 30.3 Å². The lowest BCUT2D eigenvalue weighted by Crippen LogP contribution is -2.36. The van der Waals surface area contributed by atoms with Gasteiger partial charge in [0.25, 0.3) is 5.91 Å². The zero-order valence-electron chi connectivity index (χ0n) is 13.7. The van der Waals surface area contributed by atoms with Crippen LogP contribution in [-0.2, 0) is 11.3 Å². The number of carbonyl (C=O) groups excluding carboxylic acids is 2. The summed E-state index contributed by atoms with van der Waals surface area (Å²) in [6.45, 7) is 0.995. The molecule has 5 heteroatoms. The van der Waals surface area contributed by atoms with Gasteiger partial charge in [0.05, 0.1) is 0 Å². The summed E-state index contributed by atoms with van der Waals surface area (Å²) < 4.78 is 10.5. The van der Waals surface area contributed by atoms with E-state index in [0.29, 0.717) is 36.7 Å². The minimum Gasteiger partial charge on any atom is -0.453 e. The second-order valence-corrected chi connectivity index (χ2v) is 5.99. The Kier molecular flexibility index (Phi) is 5.11. The predicted octanol–water partition coefficient (Wildman–Crippen LogP) is 3.30. The maximum absolute atomic E-state index is 12.7. The summed E-state index contributed by atoms with van der Waals surface area (Å²) in [6, 6.07) is 12.6. The number of Topliss-reactive ketones (excluding diaryl/α,β-unsaturated/α-hetero) is 1. The van der Waals surface area contributed by atoms with Gasteiger partial charge in [0.1, 0.15) is 12.4 Å². The van der Waals surface area contributed by atoms with E-state index >= 15 is 0 Å². The Morgan fingerprint density at radius 3 is 2.75 bits per heavy atom. The lowest BCUT2D eigenvalue weighted by atomic mass is 10.0. The molecule has 2 heterocycles. The van der Waals surface area contributed by atoms with E-state index in [-0.39, 0.29) is 17.7 Å². The molecule has 0 bridgehead atoms. The second-order valence-electron chi connectivity index (χ2n) is 5.99. The van der Waals surface area contributed by atoms with Crippen molar-refractivity contribution in [2.75, 3.05) is 13.7 Å². The van der Waals surface area contributed by atoms with Crippen molar-refractivity contribution in [1.82, 2.24) is 4.90 Å². The first kappa shape index (κ1) is 16.5. The third-order valence-electron chi connectivity index (χ3n) is 4.31. The zero-order valence-corrected chi connectivity index (χ0v) is 13.7. The van der Waals surface area contributed by atoms with Crippen LogP contribution in [0.4, 0.5) is 0 Å². The molecule has 0 unspecified atom stereocenters. The molecule has 0 radical (unpaired) electrons. The predicted molar refractivity (Wildman–Crippen MR) is 88.9 cm³/mol. The van der Waals surface area contributed by atoms with Crippen molar-refractivity contribution < 1.29 is 18.7 Å². The van der Waals surface area contributed by atoms with Gasteiger partial charge in [-0.25, -0.2) is 0 Å². The van der Waals surface area contributed by atoms with E-state index in [0.717, 1.165) is 12.8 Å². The van der Waals surface area contributed by atoms with Crippen LogP contribution in [0, 0.1) is 0 Å². The van der Waals surface area contributed by atoms with Gasteiger partial charge in [-0.2, -0.15) is 0 Å². The maximum atomic E-state index is 12.7. The van der Waals surface area contributed by atoms with E-state index in [2.05, 4.69) is 0 Å². The van der Waals surface area contributed by atoms with Crippen LogP contribution in [0.15, 0.2) is 46.9 Å². The molecule has 3 rings (SSSR count). The number of hydrogen-bond acceptors (Lipinski definition) is 4. The molecule has 126 valence electrons. The number of nitrogens with zero attached hydrogens (tertiary/aromatic N) is 1. The van der Waals surface area contributed by atoms with Crippen LogP contribution >= 0.6 is 0 Å². The van der Waals surface area contributed by atoms with Gasteiger partial charge in [-0.1, -0.05) is 30.3 Å². The van der Waals surface area contributed by atoms with Gasteiger partial charge in [0.2, 0.25) is 0 Å². The average molecular weight is 327 g/mol. The normalized spacial score (nSPS) is 17.2. The number of rotatable bonds is 6. The van der Waals surface area contributed by atoms with Crippen LogP contribution in [0.5, 0.6) is 0 Å². The Balaban J connectivity index is 1.68. The summed E-state index contributed by atoms with van der Waals surface area (Å²) in [7, 11) is 1.58. The molecule has 0 spiro atoms. The number of amides is 1. The molecule has 1 amide bonds. The fourth-order valence-corrected chi connectivity index (χ4v) is 3.13. The standard InChI is InChI=1S/C19H21NO4/c1-23-13-16-9-10-18(24-16)19(22)20-11-5-8-15(20)12-17(21)14-6-3-2-4-7-14/h2-4,6-7,9-10,15H,5,8,11-13H2,1H3/t15-/m0/s1. The van der Waals surface area contributed by atoms with Crippen LogP contribution in [-0.4, -0.2) is 36.3 Å². The highest BCUT2D eigenvalue weighted by molar-refractivity contribution is 5.97. The van der Waals surface area contributed by atoms with Crippen molar-refractivity contribution in [2.24, 2.45) is 0 Å². The Hall–Kier alpha value is -2.40. The van der Waals surface area contributed by atoms with Crippen molar-refractivity contribution >= 4 is 11.7 Å². The molecule has 1 aliphatic rings. The van der Waals surface area contributed by atoms with E-state index in [1.54, 1.807) is 24.1 Å². The van der Waals surface area contributed by atoms with Crippen molar-refractivity contribution in [3.8, 4) is 0 Å². The number of ketones is 1. The highest BCUT2D eigenvalue weighted by Crippen LogP contribution is 2.25. The molecule has 5 nitrogen and oxygen atoms in total. The monoisotopic (exact) mass is 327 g/mol. The van der Waals surface area contributed by atoms with E-state index < -0.39 is 0 Å². The summed E-state index contributed by atoms with van der Waals surface area (Å²) in [5.74, 6) is 0.846. The van der Waals surface area contributed by atoms with E-state index in [1.165, 1.54) is 0 Å². The number of benzene rings is 1. The largest absolute Gasteiger partial charge is 0.453 e. The molecular weight excluding hydrogens is 306 g/mol. The number of furan rings is 1. The van der Waals surface area contributed by atoms with E-state index in [9.17, 15) is 9.59 Å². The highest BCUT2D eigenvalue weighted by atomic mass is 16.5. The molecule has 2 aromatic rings. The average Bonchev–Trinajstić information content (AvgIpc) is 3.25. The summed E-state index contributed by atoms with van der Waals surface area (Å²) >= 11 is 0. The fraction of sp³-hybridized carbons (Fsp3) is 0.368. The topological polar surface area (TPSA) is 59.8 Å². The van der Waals surface area contributed by atoms with Crippen LogP contribution in [0.25, 0.3) is 0 Å². The van der Waals surface area contributed by atoms with Gasteiger partial charge in [0.15, 0.2) is 11.5 Å². The van der Waals surface area contributed by atoms with Gasteiger partial charge in [-0.05, 0) is 25.0 Å². The number of hydrogen-bond donors (Lipinski definition) is 0. The summed E-state index contributed by atoms with van der Waals surface area (Å²) in [5.41, 5.74) is 0.692. The fourth-order valence-electron chi connectivity index (χ4n) is 3.13. The molecule has 1 aromatic heterocycles. The first-order valence-electron chi connectivity index (χ1n) is 8.16. The van der Waals surface area contributed by atoms with Gasteiger partial charge in [0, 0.05) is 31.7 Å². The summed E-state index contributed by atoms with van der Waals surface area (Å²) in [6.07, 6.45) is 2.10. The van der Waals surface area contributed by atoms with Crippen LogP contribution in [0.3, 0.4) is 0 Å².